The van der Waals surface area contributed by atoms with Crippen molar-refractivity contribution in [2.24, 2.45) is 0 Å². The monoisotopic (exact) mass is 464 g/mol. The molecule has 0 unspecified atom stereocenters. The fourth-order valence-electron chi connectivity index (χ4n) is 3.71. The molecule has 6 atom stereocenters. The van der Waals surface area contributed by atoms with Crippen molar-refractivity contribution in [1.82, 2.24) is 0 Å². The van der Waals surface area contributed by atoms with Gasteiger partial charge >= 0.3 is 5.97 Å². The van der Waals surface area contributed by atoms with E-state index in [4.69, 9.17) is 14.2 Å². The Hall–Kier alpha value is -0.810. The van der Waals surface area contributed by atoms with Crippen molar-refractivity contribution in [2.45, 2.75) is 121 Å². The molecule has 0 aromatic carbocycles. The Morgan fingerprint density at radius 1 is 0.844 bits per heavy atom. The van der Waals surface area contributed by atoms with Gasteiger partial charge in [0.15, 0.2) is 6.29 Å². The van der Waals surface area contributed by atoms with Crippen molar-refractivity contribution in [1.29, 1.82) is 0 Å². The maximum atomic E-state index is 12.0. The van der Waals surface area contributed by atoms with E-state index in [0.29, 0.717) is 0 Å². The summed E-state index contributed by atoms with van der Waals surface area (Å²) in [5.74, 6) is -0.433. The number of rotatable bonds is 18. The summed E-state index contributed by atoms with van der Waals surface area (Å²) in [4.78, 5) is 12.0. The quantitative estimate of drug-likeness (QED) is 0.150. The molecule has 0 radical (unpaired) electrons. The number of esters is 1. The number of aliphatic hydroxyl groups is 5. The van der Waals surface area contributed by atoms with E-state index in [-0.39, 0.29) is 13.0 Å². The molecular formula is C23H44O9. The normalized spacial score (nSPS) is 26.8. The van der Waals surface area contributed by atoms with Crippen molar-refractivity contribution in [2.75, 3.05) is 19.8 Å². The zero-order chi connectivity index (χ0) is 23.8. The van der Waals surface area contributed by atoms with E-state index in [1.54, 1.807) is 0 Å². The van der Waals surface area contributed by atoms with E-state index in [0.717, 1.165) is 19.3 Å². The zero-order valence-electron chi connectivity index (χ0n) is 19.4. The highest BCUT2D eigenvalue weighted by molar-refractivity contribution is 5.69. The number of carbonyl (C=O) groups excluding carboxylic acids is 1. The molecule has 1 aliphatic rings. The van der Waals surface area contributed by atoms with E-state index < -0.39 is 56.0 Å². The van der Waals surface area contributed by atoms with Crippen LogP contribution in [-0.4, -0.2) is 88.1 Å². The average molecular weight is 465 g/mol. The van der Waals surface area contributed by atoms with E-state index in [1.807, 2.05) is 0 Å². The third-order valence-corrected chi connectivity index (χ3v) is 5.78. The van der Waals surface area contributed by atoms with Gasteiger partial charge in [-0.2, -0.15) is 0 Å². The lowest BCUT2D eigenvalue weighted by Crippen LogP contribution is -2.59. The summed E-state index contributed by atoms with van der Waals surface area (Å²) in [6, 6.07) is 0. The van der Waals surface area contributed by atoms with Crippen molar-refractivity contribution < 1.29 is 44.5 Å². The molecule has 0 amide bonds. The predicted octanol–water partition coefficient (Wildman–Crippen LogP) is 1.41. The first-order valence-corrected chi connectivity index (χ1v) is 12.2. The Labute approximate surface area is 191 Å². The van der Waals surface area contributed by atoms with Gasteiger partial charge in [-0.15, -0.1) is 0 Å². The lowest BCUT2D eigenvalue weighted by Gasteiger charge is -2.39. The Bertz CT molecular complexity index is 474. The molecule has 0 bridgehead atoms. The summed E-state index contributed by atoms with van der Waals surface area (Å²) < 4.78 is 15.7. The minimum Gasteiger partial charge on any atom is -0.457 e. The smallest absolute Gasteiger partial charge is 0.306 e. The molecule has 190 valence electrons. The van der Waals surface area contributed by atoms with E-state index in [9.17, 15) is 30.3 Å². The van der Waals surface area contributed by atoms with Gasteiger partial charge in [-0.3, -0.25) is 4.79 Å². The largest absolute Gasteiger partial charge is 0.457 e. The number of ether oxygens (including phenoxy) is 3. The van der Waals surface area contributed by atoms with Crippen LogP contribution in [0.5, 0.6) is 0 Å². The van der Waals surface area contributed by atoms with Crippen LogP contribution in [0.2, 0.25) is 0 Å². The van der Waals surface area contributed by atoms with Crippen LogP contribution in [0, 0.1) is 0 Å². The number of carbonyl (C=O) groups is 1. The second-order valence-electron chi connectivity index (χ2n) is 8.61. The zero-order valence-corrected chi connectivity index (χ0v) is 19.4. The van der Waals surface area contributed by atoms with Crippen LogP contribution in [0.25, 0.3) is 0 Å². The maximum Gasteiger partial charge on any atom is 0.306 e. The summed E-state index contributed by atoms with van der Waals surface area (Å²) in [6.07, 6.45) is 5.34. The Kier molecular flexibility index (Phi) is 16.1. The van der Waals surface area contributed by atoms with Gasteiger partial charge in [0.1, 0.15) is 30.5 Å². The first-order chi connectivity index (χ1) is 15.4. The van der Waals surface area contributed by atoms with Gasteiger partial charge in [0.05, 0.1) is 19.8 Å². The fourth-order valence-corrected chi connectivity index (χ4v) is 3.71. The van der Waals surface area contributed by atoms with Gasteiger partial charge in [-0.05, 0) is 6.42 Å². The molecule has 9 nitrogen and oxygen atoms in total. The molecule has 1 rings (SSSR count). The predicted molar refractivity (Wildman–Crippen MR) is 118 cm³/mol. The third kappa shape index (κ3) is 11.4. The van der Waals surface area contributed by atoms with Gasteiger partial charge in [0, 0.05) is 6.42 Å². The molecule has 0 aliphatic carbocycles. The van der Waals surface area contributed by atoms with Crippen LogP contribution in [-0.2, 0) is 19.0 Å². The minimum atomic E-state index is -1.55. The van der Waals surface area contributed by atoms with Crippen LogP contribution in [0.1, 0.15) is 84.0 Å². The second kappa shape index (κ2) is 17.6. The van der Waals surface area contributed by atoms with Gasteiger partial charge < -0.3 is 39.7 Å². The van der Waals surface area contributed by atoms with Crippen LogP contribution in [0.3, 0.4) is 0 Å². The molecule has 0 aromatic rings. The summed E-state index contributed by atoms with van der Waals surface area (Å²) in [6.45, 7) is 0.921. The van der Waals surface area contributed by atoms with Gasteiger partial charge in [-0.25, -0.2) is 0 Å². The molecule has 1 heterocycles. The van der Waals surface area contributed by atoms with Crippen molar-refractivity contribution in [3.8, 4) is 0 Å². The minimum absolute atomic E-state index is 0.258. The summed E-state index contributed by atoms with van der Waals surface area (Å²) in [7, 11) is 0. The van der Waals surface area contributed by atoms with Crippen molar-refractivity contribution in [3.05, 3.63) is 0 Å². The van der Waals surface area contributed by atoms with Crippen LogP contribution in [0.15, 0.2) is 0 Å². The number of hydrogen-bond acceptors (Lipinski definition) is 9. The van der Waals surface area contributed by atoms with E-state index in [2.05, 4.69) is 6.92 Å². The summed E-state index contributed by atoms with van der Waals surface area (Å²) >= 11 is 0. The van der Waals surface area contributed by atoms with Gasteiger partial charge in [-0.1, -0.05) is 71.1 Å². The Morgan fingerprint density at radius 3 is 1.94 bits per heavy atom. The highest BCUT2D eigenvalue weighted by Gasteiger charge is 2.44. The molecule has 5 N–H and O–H groups in total. The molecule has 9 heteroatoms. The first kappa shape index (κ1) is 29.2. The molecule has 0 spiro atoms. The van der Waals surface area contributed by atoms with Crippen molar-refractivity contribution in [3.63, 3.8) is 0 Å². The second-order valence-corrected chi connectivity index (χ2v) is 8.61. The maximum absolute atomic E-state index is 12.0. The summed E-state index contributed by atoms with van der Waals surface area (Å²) in [5, 5.41) is 48.1. The number of hydrogen-bond donors (Lipinski definition) is 5. The standard InChI is InChI=1S/C23H44O9/c1-2-3-4-5-6-7-8-9-10-11-12-13-19(26)31-17(14-24)16-30-23-22(29)21(28)20(27)18(15-25)32-23/h17-18,20-25,27-29H,2-16H2,1H3/t17-,18-,20+,21+,22-,23-/m1/s1. The lowest BCUT2D eigenvalue weighted by atomic mass is 9.99. The Balaban J connectivity index is 2.14. The Morgan fingerprint density at radius 2 is 1.41 bits per heavy atom. The molecule has 0 aromatic heterocycles. The molecule has 1 fully saturated rings. The van der Waals surface area contributed by atoms with Crippen molar-refractivity contribution >= 4 is 5.97 Å². The summed E-state index contributed by atoms with van der Waals surface area (Å²) in [5.41, 5.74) is 0. The topological polar surface area (TPSA) is 146 Å². The van der Waals surface area contributed by atoms with Crippen LogP contribution >= 0.6 is 0 Å². The number of unbranched alkanes of at least 4 members (excludes halogenated alkanes) is 10. The molecular weight excluding hydrogens is 420 g/mol. The first-order valence-electron chi connectivity index (χ1n) is 12.2. The SMILES string of the molecule is CCCCCCCCCCCCCC(=O)O[C@H](CO)CO[C@@H]1O[C@H](CO)[C@H](O)[C@H](O)[C@H]1O. The number of aliphatic hydroxyl groups excluding tert-OH is 5. The lowest BCUT2D eigenvalue weighted by molar-refractivity contribution is -0.305. The molecule has 1 aliphatic heterocycles. The molecule has 0 saturated carbocycles. The molecule has 32 heavy (non-hydrogen) atoms. The third-order valence-electron chi connectivity index (χ3n) is 5.78. The fraction of sp³-hybridized carbons (Fsp3) is 0.957. The highest BCUT2D eigenvalue weighted by atomic mass is 16.7. The van der Waals surface area contributed by atoms with Crippen LogP contribution < -0.4 is 0 Å². The van der Waals surface area contributed by atoms with E-state index in [1.165, 1.54) is 51.4 Å². The van der Waals surface area contributed by atoms with E-state index >= 15 is 0 Å². The van der Waals surface area contributed by atoms with Gasteiger partial charge in [0.25, 0.3) is 0 Å². The molecule has 1 saturated heterocycles. The van der Waals surface area contributed by atoms with Gasteiger partial charge in [0.2, 0.25) is 0 Å². The highest BCUT2D eigenvalue weighted by Crippen LogP contribution is 2.22. The van der Waals surface area contributed by atoms with Crippen LogP contribution in [0.4, 0.5) is 0 Å². The average Bonchev–Trinajstić information content (AvgIpc) is 2.79.